The summed E-state index contributed by atoms with van der Waals surface area (Å²) in [5.74, 6) is 1.25. The summed E-state index contributed by atoms with van der Waals surface area (Å²) in [6.07, 6.45) is 12.7. The lowest BCUT2D eigenvalue weighted by Crippen LogP contribution is -2.29. The van der Waals surface area contributed by atoms with Crippen molar-refractivity contribution in [1.29, 1.82) is 5.26 Å². The molecule has 2 fully saturated rings. The summed E-state index contributed by atoms with van der Waals surface area (Å²) >= 11 is 0. The second kappa shape index (κ2) is 5.80. The molecular weight excluding hydrogens is 248 g/mol. The molecule has 0 amide bonds. The van der Waals surface area contributed by atoms with Gasteiger partial charge in [-0.25, -0.2) is 0 Å². The Kier molecular flexibility index (Phi) is 3.88. The van der Waals surface area contributed by atoms with Crippen LogP contribution in [0.5, 0.6) is 0 Å². The summed E-state index contributed by atoms with van der Waals surface area (Å²) in [6.45, 7) is 2.39. The third-order valence-electron chi connectivity index (χ3n) is 4.78. The van der Waals surface area contributed by atoms with Crippen LogP contribution in [0, 0.1) is 17.2 Å². The largest absolute Gasteiger partial charge is 0.306 e. The molecule has 0 bridgehead atoms. The van der Waals surface area contributed by atoms with Gasteiger partial charge in [0.1, 0.15) is 0 Å². The molecule has 1 saturated heterocycles. The van der Waals surface area contributed by atoms with Gasteiger partial charge in [0, 0.05) is 12.3 Å². The summed E-state index contributed by atoms with van der Waals surface area (Å²) in [5.41, 5.74) is 1.41. The van der Waals surface area contributed by atoms with Gasteiger partial charge in [0.15, 0.2) is 0 Å². The molecule has 3 rings (SSSR count). The fraction of sp³-hybridized carbons (Fsp3) is 0.625. The average molecular weight is 270 g/mol. The van der Waals surface area contributed by atoms with Crippen molar-refractivity contribution >= 4 is 0 Å². The topological polar surface area (TPSA) is 44.9 Å². The van der Waals surface area contributed by atoms with Crippen molar-refractivity contribution in [2.24, 2.45) is 5.92 Å². The number of nitrogens with zero attached hydrogens (tertiary/aromatic N) is 4. The Morgan fingerprint density at radius 1 is 1.35 bits per heavy atom. The monoisotopic (exact) mass is 270 g/mol. The number of hydrogen-bond acceptors (Lipinski definition) is 3. The molecule has 20 heavy (non-hydrogen) atoms. The van der Waals surface area contributed by atoms with Crippen LogP contribution in [0.2, 0.25) is 0 Å². The standard InChI is InChI=1S/C16H22N4/c1-19-7-4-14(5-8-19)15-11-18-20(12-15)16-9-13(10-16)3-2-6-17/h2-3,11-14,16H,4-5,7-10H2,1H3/b3-2+. The lowest BCUT2D eigenvalue weighted by molar-refractivity contribution is 0.223. The normalized spacial score (nSPS) is 28.4. The molecule has 0 unspecified atom stereocenters. The van der Waals surface area contributed by atoms with Crippen LogP contribution in [-0.4, -0.2) is 34.8 Å². The number of likely N-dealkylation sites (tertiary alicyclic amines) is 1. The minimum Gasteiger partial charge on any atom is -0.306 e. The van der Waals surface area contributed by atoms with E-state index >= 15 is 0 Å². The Hall–Kier alpha value is -1.60. The molecule has 2 aliphatic rings. The number of hydrogen-bond donors (Lipinski definition) is 0. The number of piperidine rings is 1. The van der Waals surface area contributed by atoms with Crippen LogP contribution in [0.15, 0.2) is 24.5 Å². The van der Waals surface area contributed by atoms with Crippen molar-refractivity contribution < 1.29 is 0 Å². The van der Waals surface area contributed by atoms with E-state index in [9.17, 15) is 0 Å². The summed E-state index contributed by atoms with van der Waals surface area (Å²) in [7, 11) is 2.20. The highest BCUT2D eigenvalue weighted by molar-refractivity contribution is 5.14. The van der Waals surface area contributed by atoms with Crippen LogP contribution in [-0.2, 0) is 0 Å². The maximum absolute atomic E-state index is 8.53. The zero-order valence-electron chi connectivity index (χ0n) is 12.1. The maximum Gasteiger partial charge on any atom is 0.0908 e. The van der Waals surface area contributed by atoms with E-state index in [-0.39, 0.29) is 0 Å². The predicted octanol–water partition coefficient (Wildman–Crippen LogP) is 2.72. The highest BCUT2D eigenvalue weighted by atomic mass is 15.3. The molecule has 0 radical (unpaired) electrons. The van der Waals surface area contributed by atoms with Crippen LogP contribution in [0.1, 0.15) is 43.2 Å². The van der Waals surface area contributed by atoms with E-state index in [0.29, 0.717) is 17.9 Å². The molecule has 0 atom stereocenters. The molecular formula is C16H22N4. The average Bonchev–Trinajstić information content (AvgIpc) is 2.87. The van der Waals surface area contributed by atoms with Crippen LogP contribution in [0.4, 0.5) is 0 Å². The molecule has 1 aliphatic heterocycles. The van der Waals surface area contributed by atoms with Gasteiger partial charge >= 0.3 is 0 Å². The predicted molar refractivity (Wildman–Crippen MR) is 78.2 cm³/mol. The summed E-state index contributed by atoms with van der Waals surface area (Å²) < 4.78 is 2.14. The molecule has 106 valence electrons. The minimum absolute atomic E-state index is 0.531. The van der Waals surface area contributed by atoms with Gasteiger partial charge in [-0.05, 0) is 63.2 Å². The second-order valence-electron chi connectivity index (χ2n) is 6.20. The van der Waals surface area contributed by atoms with Gasteiger partial charge in [-0.15, -0.1) is 0 Å². The summed E-state index contributed by atoms with van der Waals surface area (Å²) in [6, 6.07) is 2.60. The molecule has 4 nitrogen and oxygen atoms in total. The van der Waals surface area contributed by atoms with Crippen molar-refractivity contribution in [2.75, 3.05) is 20.1 Å². The Labute approximate surface area is 120 Å². The first-order valence-corrected chi connectivity index (χ1v) is 7.55. The molecule has 0 spiro atoms. The Bertz CT molecular complexity index is 511. The number of rotatable bonds is 3. The summed E-state index contributed by atoms with van der Waals surface area (Å²) in [4.78, 5) is 2.40. The van der Waals surface area contributed by atoms with Crippen LogP contribution < -0.4 is 0 Å². The van der Waals surface area contributed by atoms with Gasteiger partial charge in [-0.1, -0.05) is 6.08 Å². The van der Waals surface area contributed by atoms with Crippen LogP contribution in [0.3, 0.4) is 0 Å². The highest BCUT2D eigenvalue weighted by Crippen LogP contribution is 2.39. The van der Waals surface area contributed by atoms with E-state index in [1.807, 2.05) is 6.08 Å². The zero-order valence-corrected chi connectivity index (χ0v) is 12.1. The van der Waals surface area contributed by atoms with Gasteiger partial charge in [-0.3, -0.25) is 4.68 Å². The van der Waals surface area contributed by atoms with Crippen molar-refractivity contribution in [3.8, 4) is 6.07 Å². The molecule has 1 aromatic rings. The highest BCUT2D eigenvalue weighted by Gasteiger charge is 2.30. The van der Waals surface area contributed by atoms with Crippen molar-refractivity contribution in [3.63, 3.8) is 0 Å². The lowest BCUT2D eigenvalue weighted by atomic mass is 9.80. The minimum atomic E-state index is 0.531. The fourth-order valence-electron chi connectivity index (χ4n) is 3.29. The third-order valence-corrected chi connectivity index (χ3v) is 4.78. The first-order chi connectivity index (χ1) is 9.76. The maximum atomic E-state index is 8.53. The molecule has 4 heteroatoms. The quantitative estimate of drug-likeness (QED) is 0.793. The van der Waals surface area contributed by atoms with E-state index in [2.05, 4.69) is 40.2 Å². The van der Waals surface area contributed by atoms with Gasteiger partial charge in [0.25, 0.3) is 0 Å². The van der Waals surface area contributed by atoms with E-state index in [4.69, 9.17) is 5.26 Å². The number of allylic oxidation sites excluding steroid dienone is 2. The zero-order chi connectivity index (χ0) is 13.9. The van der Waals surface area contributed by atoms with Crippen molar-refractivity contribution in [1.82, 2.24) is 14.7 Å². The molecule has 1 aliphatic carbocycles. The number of nitriles is 1. The SMILES string of the molecule is CN1CCC(c2cnn(C3CC(/C=C/C#N)C3)c2)CC1. The second-order valence-corrected chi connectivity index (χ2v) is 6.20. The van der Waals surface area contributed by atoms with Crippen molar-refractivity contribution in [3.05, 3.63) is 30.1 Å². The van der Waals surface area contributed by atoms with Crippen LogP contribution in [0.25, 0.3) is 0 Å². The molecule has 0 N–H and O–H groups in total. The smallest absolute Gasteiger partial charge is 0.0908 e. The van der Waals surface area contributed by atoms with E-state index in [1.54, 1.807) is 6.08 Å². The van der Waals surface area contributed by atoms with Crippen LogP contribution >= 0.6 is 0 Å². The van der Waals surface area contributed by atoms with Gasteiger partial charge < -0.3 is 4.90 Å². The summed E-state index contributed by atoms with van der Waals surface area (Å²) in [5, 5.41) is 13.1. The Morgan fingerprint density at radius 2 is 2.10 bits per heavy atom. The first kappa shape index (κ1) is 13.4. The molecule has 1 saturated carbocycles. The fourth-order valence-corrected chi connectivity index (χ4v) is 3.29. The lowest BCUT2D eigenvalue weighted by Gasteiger charge is -2.33. The van der Waals surface area contributed by atoms with E-state index in [1.165, 1.54) is 31.5 Å². The first-order valence-electron chi connectivity index (χ1n) is 7.55. The van der Waals surface area contributed by atoms with Gasteiger partial charge in [-0.2, -0.15) is 10.4 Å². The van der Waals surface area contributed by atoms with Gasteiger partial charge in [0.2, 0.25) is 0 Å². The Morgan fingerprint density at radius 3 is 2.80 bits per heavy atom. The third kappa shape index (κ3) is 2.78. The van der Waals surface area contributed by atoms with Gasteiger partial charge in [0.05, 0.1) is 18.3 Å². The molecule has 0 aromatic carbocycles. The van der Waals surface area contributed by atoms with E-state index in [0.717, 1.165) is 12.8 Å². The van der Waals surface area contributed by atoms with E-state index < -0.39 is 0 Å². The number of aromatic nitrogens is 2. The molecule has 2 heterocycles. The molecule has 1 aromatic heterocycles. The van der Waals surface area contributed by atoms with Crippen molar-refractivity contribution in [2.45, 2.75) is 37.6 Å². The Balaban J connectivity index is 1.56.